The SMILES string of the molecule is O=C(CCCc1cccs1)N[C@H]1CC[C@@H](C(=O)O)C1. The van der Waals surface area contributed by atoms with Crippen molar-refractivity contribution < 1.29 is 14.7 Å². The fourth-order valence-electron chi connectivity index (χ4n) is 2.51. The third kappa shape index (κ3) is 4.35. The minimum absolute atomic E-state index is 0.0487. The summed E-state index contributed by atoms with van der Waals surface area (Å²) in [7, 11) is 0. The maximum Gasteiger partial charge on any atom is 0.306 e. The molecule has 104 valence electrons. The highest BCUT2D eigenvalue weighted by Gasteiger charge is 2.30. The Kier molecular flexibility index (Phi) is 4.96. The Hall–Kier alpha value is -1.36. The standard InChI is InChI=1S/C14H19NO3S/c16-13(5-1-3-12-4-2-8-19-12)15-11-7-6-10(9-11)14(17)18/h2,4,8,10-11H,1,3,5-7,9H2,(H,15,16)(H,17,18)/t10-,11+/m1/s1. The summed E-state index contributed by atoms with van der Waals surface area (Å²) in [6, 6.07) is 4.15. The van der Waals surface area contributed by atoms with E-state index in [1.54, 1.807) is 11.3 Å². The van der Waals surface area contributed by atoms with Crippen LogP contribution in [0.25, 0.3) is 0 Å². The topological polar surface area (TPSA) is 66.4 Å². The Morgan fingerprint density at radius 2 is 2.26 bits per heavy atom. The first-order chi connectivity index (χ1) is 9.15. The van der Waals surface area contributed by atoms with Crippen molar-refractivity contribution in [2.24, 2.45) is 5.92 Å². The molecule has 2 N–H and O–H groups in total. The van der Waals surface area contributed by atoms with Crippen molar-refractivity contribution in [3.63, 3.8) is 0 Å². The lowest BCUT2D eigenvalue weighted by molar-refractivity contribution is -0.141. The van der Waals surface area contributed by atoms with E-state index in [2.05, 4.69) is 11.4 Å². The van der Waals surface area contributed by atoms with Crippen LogP contribution in [0.3, 0.4) is 0 Å². The number of hydrogen-bond acceptors (Lipinski definition) is 3. The monoisotopic (exact) mass is 281 g/mol. The number of aliphatic carboxylic acids is 1. The van der Waals surface area contributed by atoms with Gasteiger partial charge in [0.05, 0.1) is 5.92 Å². The number of amides is 1. The average Bonchev–Trinajstić information content (AvgIpc) is 3.00. The molecule has 1 heterocycles. The van der Waals surface area contributed by atoms with Gasteiger partial charge in [0.2, 0.25) is 5.91 Å². The van der Waals surface area contributed by atoms with Gasteiger partial charge in [-0.3, -0.25) is 9.59 Å². The summed E-state index contributed by atoms with van der Waals surface area (Å²) < 4.78 is 0. The predicted molar refractivity (Wildman–Crippen MR) is 74.2 cm³/mol. The number of hydrogen-bond donors (Lipinski definition) is 2. The molecular weight excluding hydrogens is 262 g/mol. The van der Waals surface area contributed by atoms with E-state index < -0.39 is 5.97 Å². The first-order valence-electron chi connectivity index (χ1n) is 6.69. The van der Waals surface area contributed by atoms with Gasteiger partial charge in [-0.05, 0) is 43.6 Å². The van der Waals surface area contributed by atoms with Crippen molar-refractivity contribution in [3.05, 3.63) is 22.4 Å². The number of carbonyl (C=O) groups is 2. The van der Waals surface area contributed by atoms with Crippen molar-refractivity contribution in [1.82, 2.24) is 5.32 Å². The van der Waals surface area contributed by atoms with Crippen molar-refractivity contribution >= 4 is 23.2 Å². The minimum atomic E-state index is -0.741. The highest BCUT2D eigenvalue weighted by atomic mass is 32.1. The highest BCUT2D eigenvalue weighted by Crippen LogP contribution is 2.25. The summed E-state index contributed by atoms with van der Waals surface area (Å²) >= 11 is 1.71. The number of carbonyl (C=O) groups excluding carboxylic acids is 1. The summed E-state index contributed by atoms with van der Waals surface area (Å²) in [5.41, 5.74) is 0. The van der Waals surface area contributed by atoms with Crippen LogP contribution in [0.4, 0.5) is 0 Å². The number of nitrogens with one attached hydrogen (secondary N) is 1. The maximum absolute atomic E-state index is 11.7. The summed E-state index contributed by atoms with van der Waals surface area (Å²) in [6.45, 7) is 0. The average molecular weight is 281 g/mol. The normalized spacial score (nSPS) is 22.3. The molecule has 4 nitrogen and oxygen atoms in total. The number of carboxylic acids is 1. The predicted octanol–water partition coefficient (Wildman–Crippen LogP) is 2.44. The molecule has 0 spiro atoms. The second kappa shape index (κ2) is 6.70. The molecule has 1 aromatic heterocycles. The smallest absolute Gasteiger partial charge is 0.306 e. The highest BCUT2D eigenvalue weighted by molar-refractivity contribution is 7.09. The fourth-order valence-corrected chi connectivity index (χ4v) is 3.27. The van der Waals surface area contributed by atoms with Crippen LogP contribution in [-0.2, 0) is 16.0 Å². The Bertz CT molecular complexity index is 430. The van der Waals surface area contributed by atoms with Crippen LogP contribution in [0.5, 0.6) is 0 Å². The number of thiophene rings is 1. The molecule has 1 amide bonds. The van der Waals surface area contributed by atoms with E-state index in [0.717, 1.165) is 19.3 Å². The van der Waals surface area contributed by atoms with Crippen molar-refractivity contribution in [2.75, 3.05) is 0 Å². The molecule has 0 unspecified atom stereocenters. The molecule has 0 aromatic carbocycles. The Balaban J connectivity index is 1.63. The molecule has 1 aromatic rings. The largest absolute Gasteiger partial charge is 0.481 e. The molecule has 2 rings (SSSR count). The molecule has 1 fully saturated rings. The number of rotatable bonds is 6. The van der Waals surface area contributed by atoms with Crippen LogP contribution in [0.2, 0.25) is 0 Å². The summed E-state index contributed by atoms with van der Waals surface area (Å²) in [4.78, 5) is 23.9. The summed E-state index contributed by atoms with van der Waals surface area (Å²) in [5.74, 6) is -0.974. The third-order valence-electron chi connectivity index (χ3n) is 3.55. The summed E-state index contributed by atoms with van der Waals surface area (Å²) in [5, 5.41) is 13.9. The molecule has 0 saturated heterocycles. The van der Waals surface area contributed by atoms with Crippen LogP contribution >= 0.6 is 11.3 Å². The Labute approximate surface area is 116 Å². The number of aryl methyl sites for hydroxylation is 1. The second-order valence-electron chi connectivity index (χ2n) is 5.05. The molecule has 1 aliphatic rings. The third-order valence-corrected chi connectivity index (χ3v) is 4.49. The maximum atomic E-state index is 11.7. The van der Waals surface area contributed by atoms with E-state index in [4.69, 9.17) is 5.11 Å². The van der Waals surface area contributed by atoms with Crippen LogP contribution in [-0.4, -0.2) is 23.0 Å². The van der Waals surface area contributed by atoms with Crippen molar-refractivity contribution in [3.8, 4) is 0 Å². The van der Waals surface area contributed by atoms with E-state index in [9.17, 15) is 9.59 Å². The first kappa shape index (κ1) is 14.1. The molecular formula is C14H19NO3S. The number of carboxylic acid groups (broad SMARTS) is 1. The van der Waals surface area contributed by atoms with Crippen LogP contribution in [0.15, 0.2) is 17.5 Å². The van der Waals surface area contributed by atoms with Crippen LogP contribution in [0.1, 0.15) is 37.0 Å². The molecule has 1 aliphatic carbocycles. The van der Waals surface area contributed by atoms with Gasteiger partial charge in [0.1, 0.15) is 0 Å². The fraction of sp³-hybridized carbons (Fsp3) is 0.571. The summed E-state index contributed by atoms with van der Waals surface area (Å²) in [6.07, 6.45) is 4.34. The first-order valence-corrected chi connectivity index (χ1v) is 7.57. The van der Waals surface area contributed by atoms with Gasteiger partial charge in [-0.1, -0.05) is 6.07 Å². The van der Waals surface area contributed by atoms with E-state index in [1.165, 1.54) is 4.88 Å². The van der Waals surface area contributed by atoms with Gasteiger partial charge in [0.15, 0.2) is 0 Å². The van der Waals surface area contributed by atoms with E-state index in [-0.39, 0.29) is 17.9 Å². The second-order valence-corrected chi connectivity index (χ2v) is 6.08. The van der Waals surface area contributed by atoms with Gasteiger partial charge in [-0.15, -0.1) is 11.3 Å². The van der Waals surface area contributed by atoms with Gasteiger partial charge in [0.25, 0.3) is 0 Å². The molecule has 19 heavy (non-hydrogen) atoms. The molecule has 0 bridgehead atoms. The zero-order chi connectivity index (χ0) is 13.7. The van der Waals surface area contributed by atoms with Gasteiger partial charge in [0, 0.05) is 17.3 Å². The van der Waals surface area contributed by atoms with E-state index in [0.29, 0.717) is 19.3 Å². The van der Waals surface area contributed by atoms with Gasteiger partial charge >= 0.3 is 5.97 Å². The van der Waals surface area contributed by atoms with Gasteiger partial charge < -0.3 is 10.4 Å². The van der Waals surface area contributed by atoms with Gasteiger partial charge in [-0.2, -0.15) is 0 Å². The van der Waals surface area contributed by atoms with Crippen molar-refractivity contribution in [1.29, 1.82) is 0 Å². The van der Waals surface area contributed by atoms with E-state index >= 15 is 0 Å². The minimum Gasteiger partial charge on any atom is -0.481 e. The molecule has 0 radical (unpaired) electrons. The zero-order valence-corrected chi connectivity index (χ0v) is 11.6. The van der Waals surface area contributed by atoms with Crippen LogP contribution < -0.4 is 5.32 Å². The lowest BCUT2D eigenvalue weighted by Gasteiger charge is -2.12. The Morgan fingerprint density at radius 3 is 2.89 bits per heavy atom. The molecule has 2 atom stereocenters. The quantitative estimate of drug-likeness (QED) is 0.841. The van der Waals surface area contributed by atoms with Gasteiger partial charge in [-0.25, -0.2) is 0 Å². The van der Waals surface area contributed by atoms with E-state index in [1.807, 2.05) is 11.4 Å². The lowest BCUT2D eigenvalue weighted by Crippen LogP contribution is -2.33. The molecule has 0 aliphatic heterocycles. The lowest BCUT2D eigenvalue weighted by atomic mass is 10.1. The Morgan fingerprint density at radius 1 is 1.42 bits per heavy atom. The zero-order valence-electron chi connectivity index (χ0n) is 10.8. The van der Waals surface area contributed by atoms with Crippen LogP contribution in [0, 0.1) is 5.92 Å². The van der Waals surface area contributed by atoms with Crippen molar-refractivity contribution in [2.45, 2.75) is 44.6 Å². The molecule has 5 heteroatoms. The molecule has 1 saturated carbocycles.